The Hall–Kier alpha value is -1.62. The third-order valence-electron chi connectivity index (χ3n) is 2.69. The van der Waals surface area contributed by atoms with Crippen LogP contribution >= 0.6 is 11.3 Å². The topological polar surface area (TPSA) is 48.4 Å². The fraction of sp³-hybridized carbons (Fsp3) is 0.273. The first kappa shape index (κ1) is 9.59. The number of ether oxygens (including phenoxy) is 2. The van der Waals surface area contributed by atoms with E-state index < -0.39 is 0 Å². The Morgan fingerprint density at radius 2 is 2.50 bits per heavy atom. The van der Waals surface area contributed by atoms with Crippen molar-refractivity contribution in [3.63, 3.8) is 0 Å². The van der Waals surface area contributed by atoms with E-state index in [2.05, 4.69) is 4.98 Å². The number of carbonyl (C=O) groups is 1. The van der Waals surface area contributed by atoms with E-state index in [1.54, 1.807) is 5.51 Å². The minimum atomic E-state index is -0.308. The number of methoxy groups -OCH3 is 1. The van der Waals surface area contributed by atoms with E-state index in [-0.39, 0.29) is 5.97 Å². The highest BCUT2D eigenvalue weighted by atomic mass is 32.1. The fourth-order valence-electron chi connectivity index (χ4n) is 1.96. The molecule has 0 saturated carbocycles. The lowest BCUT2D eigenvalue weighted by Gasteiger charge is -2.05. The third kappa shape index (κ3) is 1.21. The molecule has 2 aromatic rings. The van der Waals surface area contributed by atoms with E-state index in [4.69, 9.17) is 9.47 Å². The number of thiazole rings is 1. The standard InChI is InChI=1S/C11H9NO3S/c1-14-11(13)7-4-8-9(12-5-16-8)10-6(7)2-3-15-10/h4-5H,2-3H2,1H3. The second-order valence-electron chi connectivity index (χ2n) is 3.52. The smallest absolute Gasteiger partial charge is 0.338 e. The van der Waals surface area contributed by atoms with E-state index in [1.165, 1.54) is 18.4 Å². The van der Waals surface area contributed by atoms with Gasteiger partial charge in [0.2, 0.25) is 0 Å². The molecule has 0 atom stereocenters. The van der Waals surface area contributed by atoms with E-state index in [9.17, 15) is 4.79 Å². The third-order valence-corrected chi connectivity index (χ3v) is 3.46. The molecule has 4 nitrogen and oxygen atoms in total. The Kier molecular flexibility index (Phi) is 2.07. The lowest BCUT2D eigenvalue weighted by molar-refractivity contribution is 0.0600. The minimum absolute atomic E-state index is 0.308. The van der Waals surface area contributed by atoms with E-state index in [0.29, 0.717) is 12.2 Å². The van der Waals surface area contributed by atoms with Crippen LogP contribution in [0.25, 0.3) is 10.2 Å². The molecule has 0 spiro atoms. The molecular formula is C11H9NO3S. The van der Waals surface area contributed by atoms with Crippen LogP contribution in [0.1, 0.15) is 15.9 Å². The number of fused-ring (bicyclic) bond motifs is 3. The second-order valence-corrected chi connectivity index (χ2v) is 4.41. The molecular weight excluding hydrogens is 226 g/mol. The summed E-state index contributed by atoms with van der Waals surface area (Å²) in [6.07, 6.45) is 0.743. The van der Waals surface area contributed by atoms with Crippen molar-refractivity contribution in [2.45, 2.75) is 6.42 Å². The van der Waals surface area contributed by atoms with Crippen LogP contribution in [0.2, 0.25) is 0 Å². The molecule has 1 aromatic carbocycles. The number of hydrogen-bond donors (Lipinski definition) is 0. The summed E-state index contributed by atoms with van der Waals surface area (Å²) in [4.78, 5) is 15.9. The molecule has 0 amide bonds. The first-order valence-corrected chi connectivity index (χ1v) is 5.79. The number of esters is 1. The zero-order valence-corrected chi connectivity index (χ0v) is 9.47. The Bertz CT molecular complexity index is 576. The zero-order valence-electron chi connectivity index (χ0n) is 8.65. The predicted octanol–water partition coefficient (Wildman–Crippen LogP) is 2.02. The maximum atomic E-state index is 11.6. The van der Waals surface area contributed by atoms with Gasteiger partial charge in [0.05, 0.1) is 29.5 Å². The predicted molar refractivity (Wildman–Crippen MR) is 60.2 cm³/mol. The highest BCUT2D eigenvalue weighted by Gasteiger charge is 2.25. The Morgan fingerprint density at radius 1 is 1.62 bits per heavy atom. The highest BCUT2D eigenvalue weighted by Crippen LogP contribution is 2.37. The van der Waals surface area contributed by atoms with Gasteiger partial charge in [-0.25, -0.2) is 9.78 Å². The molecule has 1 aliphatic rings. The number of benzene rings is 1. The summed E-state index contributed by atoms with van der Waals surface area (Å²) in [5.41, 5.74) is 4.13. The van der Waals surface area contributed by atoms with Crippen molar-refractivity contribution in [3.05, 3.63) is 22.7 Å². The molecule has 0 fully saturated rings. The van der Waals surface area contributed by atoms with Crippen molar-refractivity contribution in [3.8, 4) is 5.75 Å². The van der Waals surface area contributed by atoms with Crippen molar-refractivity contribution in [1.82, 2.24) is 4.98 Å². The molecule has 0 radical (unpaired) electrons. The number of hydrogen-bond acceptors (Lipinski definition) is 5. The quantitative estimate of drug-likeness (QED) is 0.709. The van der Waals surface area contributed by atoms with Crippen molar-refractivity contribution in [2.24, 2.45) is 0 Å². The van der Waals surface area contributed by atoms with Gasteiger partial charge in [0, 0.05) is 12.0 Å². The lowest BCUT2D eigenvalue weighted by atomic mass is 10.0. The van der Waals surface area contributed by atoms with E-state index in [1.807, 2.05) is 6.07 Å². The highest BCUT2D eigenvalue weighted by molar-refractivity contribution is 7.16. The monoisotopic (exact) mass is 235 g/mol. The average molecular weight is 235 g/mol. The molecule has 5 heteroatoms. The summed E-state index contributed by atoms with van der Waals surface area (Å²) >= 11 is 1.50. The van der Waals surface area contributed by atoms with E-state index in [0.717, 1.165) is 28.0 Å². The zero-order chi connectivity index (χ0) is 11.1. The summed E-state index contributed by atoms with van der Waals surface area (Å²) in [5, 5.41) is 0. The van der Waals surface area contributed by atoms with Crippen LogP contribution in [0.5, 0.6) is 5.75 Å². The average Bonchev–Trinajstić information content (AvgIpc) is 2.93. The normalized spacial score (nSPS) is 13.6. The molecule has 0 unspecified atom stereocenters. The van der Waals surface area contributed by atoms with Crippen LogP contribution in [0.3, 0.4) is 0 Å². The molecule has 0 saturated heterocycles. The van der Waals surface area contributed by atoms with Gasteiger partial charge < -0.3 is 9.47 Å². The summed E-state index contributed by atoms with van der Waals surface area (Å²) in [5.74, 6) is 0.441. The van der Waals surface area contributed by atoms with Gasteiger partial charge in [-0.05, 0) is 6.07 Å². The first-order valence-electron chi connectivity index (χ1n) is 4.91. The van der Waals surface area contributed by atoms with Crippen LogP contribution in [0.15, 0.2) is 11.6 Å². The van der Waals surface area contributed by atoms with Crippen LogP contribution < -0.4 is 4.74 Å². The summed E-state index contributed by atoms with van der Waals surface area (Å²) in [6.45, 7) is 0.607. The largest absolute Gasteiger partial charge is 0.491 e. The van der Waals surface area contributed by atoms with Gasteiger partial charge in [-0.1, -0.05) is 0 Å². The molecule has 2 heterocycles. The van der Waals surface area contributed by atoms with Gasteiger partial charge in [-0.2, -0.15) is 0 Å². The maximum absolute atomic E-state index is 11.6. The summed E-state index contributed by atoms with van der Waals surface area (Å²) in [7, 11) is 1.39. The Balaban J connectivity index is 2.33. The SMILES string of the molecule is COC(=O)c1cc2scnc2c2c1CCO2. The minimum Gasteiger partial charge on any atom is -0.491 e. The Labute approximate surface area is 95.8 Å². The van der Waals surface area contributed by atoms with Crippen LogP contribution in [0.4, 0.5) is 0 Å². The first-order chi connectivity index (χ1) is 7.81. The fourth-order valence-corrected chi connectivity index (χ4v) is 2.68. The second kappa shape index (κ2) is 3.45. The molecule has 3 rings (SSSR count). The molecule has 16 heavy (non-hydrogen) atoms. The van der Waals surface area contributed by atoms with Gasteiger partial charge in [-0.15, -0.1) is 11.3 Å². The molecule has 1 aromatic heterocycles. The molecule has 0 aliphatic carbocycles. The molecule has 1 aliphatic heterocycles. The van der Waals surface area contributed by atoms with Gasteiger partial charge in [0.25, 0.3) is 0 Å². The number of rotatable bonds is 1. The molecule has 0 bridgehead atoms. The van der Waals surface area contributed by atoms with Crippen LogP contribution in [-0.2, 0) is 11.2 Å². The lowest BCUT2D eigenvalue weighted by Crippen LogP contribution is -2.04. The van der Waals surface area contributed by atoms with Crippen LogP contribution in [0, 0.1) is 0 Å². The molecule has 82 valence electrons. The summed E-state index contributed by atoms with van der Waals surface area (Å²) < 4.78 is 11.3. The number of nitrogens with zero attached hydrogens (tertiary/aromatic N) is 1. The van der Waals surface area contributed by atoms with E-state index >= 15 is 0 Å². The summed E-state index contributed by atoms with van der Waals surface area (Å²) in [6, 6.07) is 1.84. The van der Waals surface area contributed by atoms with Gasteiger partial charge in [0.1, 0.15) is 5.52 Å². The Morgan fingerprint density at radius 3 is 3.31 bits per heavy atom. The van der Waals surface area contributed by atoms with Gasteiger partial charge in [-0.3, -0.25) is 0 Å². The van der Waals surface area contributed by atoms with Crippen molar-refractivity contribution >= 4 is 27.5 Å². The number of carbonyl (C=O) groups excluding carboxylic acids is 1. The number of aromatic nitrogens is 1. The van der Waals surface area contributed by atoms with Gasteiger partial charge in [0.15, 0.2) is 5.75 Å². The van der Waals surface area contributed by atoms with Crippen molar-refractivity contribution in [1.29, 1.82) is 0 Å². The van der Waals surface area contributed by atoms with Gasteiger partial charge >= 0.3 is 5.97 Å². The van der Waals surface area contributed by atoms with Crippen molar-refractivity contribution < 1.29 is 14.3 Å². The molecule has 0 N–H and O–H groups in total. The maximum Gasteiger partial charge on any atom is 0.338 e. The van der Waals surface area contributed by atoms with Crippen molar-refractivity contribution in [2.75, 3.05) is 13.7 Å². The van der Waals surface area contributed by atoms with Crippen LogP contribution in [-0.4, -0.2) is 24.7 Å².